The third kappa shape index (κ3) is 5.90. The van der Waals surface area contributed by atoms with E-state index in [1.807, 2.05) is 48.5 Å². The quantitative estimate of drug-likeness (QED) is 0.409. The molecule has 1 atom stereocenters. The van der Waals surface area contributed by atoms with Crippen molar-refractivity contribution in [1.29, 1.82) is 0 Å². The van der Waals surface area contributed by atoms with Gasteiger partial charge in [-0.2, -0.15) is 0 Å². The molecule has 0 aliphatic heterocycles. The molecule has 1 unspecified atom stereocenters. The van der Waals surface area contributed by atoms with Gasteiger partial charge in [-0.1, -0.05) is 48.5 Å². The smallest absolute Gasteiger partial charge is 0.409 e. The molecule has 33 heavy (non-hydrogen) atoms. The van der Waals surface area contributed by atoms with Crippen molar-refractivity contribution in [2.45, 2.75) is 57.2 Å². The number of carboxylic acids is 1. The Morgan fingerprint density at radius 1 is 1.00 bits per heavy atom. The number of amides is 1. The summed E-state index contributed by atoms with van der Waals surface area (Å²) < 4.78 is 10.6. The van der Waals surface area contributed by atoms with Gasteiger partial charge in [0.05, 0.1) is 0 Å². The molecule has 0 spiro atoms. The summed E-state index contributed by atoms with van der Waals surface area (Å²) in [7, 11) is 0. The van der Waals surface area contributed by atoms with Crippen LogP contribution in [0, 0.1) is 0 Å². The topological polar surface area (TPSA) is 128 Å². The molecular formula is C25H30N2O6. The van der Waals surface area contributed by atoms with Gasteiger partial charge in [0.25, 0.3) is 0 Å². The summed E-state index contributed by atoms with van der Waals surface area (Å²) in [6, 6.07) is 15.8. The van der Waals surface area contributed by atoms with E-state index >= 15 is 0 Å². The minimum atomic E-state index is -2.06. The van der Waals surface area contributed by atoms with Crippen molar-refractivity contribution in [1.82, 2.24) is 5.32 Å². The number of fused-ring (bicyclic) bond motifs is 3. The van der Waals surface area contributed by atoms with Crippen LogP contribution < -0.4 is 11.1 Å². The average molecular weight is 455 g/mol. The lowest BCUT2D eigenvalue weighted by molar-refractivity contribution is -0.155. The number of carbonyl (C=O) groups is 3. The molecule has 1 aliphatic rings. The number of benzene rings is 2. The van der Waals surface area contributed by atoms with E-state index in [9.17, 15) is 19.5 Å². The van der Waals surface area contributed by atoms with Crippen LogP contribution in [-0.2, 0) is 19.1 Å². The van der Waals surface area contributed by atoms with Gasteiger partial charge >= 0.3 is 18.0 Å². The van der Waals surface area contributed by atoms with E-state index in [0.29, 0.717) is 0 Å². The maximum Gasteiger partial charge on any atom is 0.409 e. The summed E-state index contributed by atoms with van der Waals surface area (Å²) in [5, 5.41) is 11.8. The van der Waals surface area contributed by atoms with Crippen molar-refractivity contribution in [3.05, 3.63) is 59.7 Å². The van der Waals surface area contributed by atoms with E-state index in [-0.39, 0.29) is 31.8 Å². The zero-order valence-electron chi connectivity index (χ0n) is 19.1. The van der Waals surface area contributed by atoms with Gasteiger partial charge in [0.15, 0.2) is 5.66 Å². The molecule has 3 rings (SSSR count). The van der Waals surface area contributed by atoms with E-state index < -0.39 is 29.3 Å². The van der Waals surface area contributed by atoms with Gasteiger partial charge in [0.2, 0.25) is 0 Å². The van der Waals surface area contributed by atoms with Crippen molar-refractivity contribution < 1.29 is 29.0 Å². The monoisotopic (exact) mass is 454 g/mol. The van der Waals surface area contributed by atoms with Crippen LogP contribution in [0.15, 0.2) is 48.5 Å². The number of carbonyl (C=O) groups excluding carboxylic acids is 2. The lowest BCUT2D eigenvalue weighted by Crippen LogP contribution is -2.61. The molecule has 2 aromatic carbocycles. The van der Waals surface area contributed by atoms with Gasteiger partial charge in [-0.3, -0.25) is 15.8 Å². The molecule has 1 aliphatic carbocycles. The molecule has 0 saturated heterocycles. The predicted molar refractivity (Wildman–Crippen MR) is 122 cm³/mol. The van der Waals surface area contributed by atoms with Crippen LogP contribution >= 0.6 is 0 Å². The number of nitrogens with one attached hydrogen (secondary N) is 1. The molecule has 176 valence electrons. The molecular weight excluding hydrogens is 424 g/mol. The number of ether oxygens (including phenoxy) is 2. The molecule has 2 aromatic rings. The Kier molecular flexibility index (Phi) is 7.07. The van der Waals surface area contributed by atoms with Crippen molar-refractivity contribution >= 4 is 18.0 Å². The van der Waals surface area contributed by atoms with E-state index in [4.69, 9.17) is 15.2 Å². The Bertz CT molecular complexity index is 1000. The normalized spacial score (nSPS) is 14.5. The summed E-state index contributed by atoms with van der Waals surface area (Å²) in [4.78, 5) is 36.1. The first kappa shape index (κ1) is 24.3. The molecule has 0 aromatic heterocycles. The van der Waals surface area contributed by atoms with Gasteiger partial charge in [0.1, 0.15) is 12.2 Å². The fourth-order valence-corrected chi connectivity index (χ4v) is 3.94. The highest BCUT2D eigenvalue weighted by atomic mass is 16.6. The molecule has 8 nitrogen and oxygen atoms in total. The second-order valence-electron chi connectivity index (χ2n) is 9.17. The van der Waals surface area contributed by atoms with Gasteiger partial charge in [-0.25, -0.2) is 9.59 Å². The van der Waals surface area contributed by atoms with Gasteiger partial charge in [-0.05, 0) is 55.9 Å². The zero-order chi connectivity index (χ0) is 24.2. The highest BCUT2D eigenvalue weighted by molar-refractivity contribution is 5.84. The van der Waals surface area contributed by atoms with E-state index in [2.05, 4.69) is 5.32 Å². The molecule has 0 saturated carbocycles. The van der Waals surface area contributed by atoms with Crippen LogP contribution in [0.3, 0.4) is 0 Å². The summed E-state index contributed by atoms with van der Waals surface area (Å²) in [6.07, 6.45) is -0.984. The van der Waals surface area contributed by atoms with Crippen LogP contribution in [0.5, 0.6) is 0 Å². The Morgan fingerprint density at radius 2 is 1.55 bits per heavy atom. The van der Waals surface area contributed by atoms with Crippen LogP contribution in [0.4, 0.5) is 4.79 Å². The number of hydrogen-bond acceptors (Lipinski definition) is 6. The standard InChI is InChI=1S/C25H30N2O6/c1-24(2,3)33-21(28)13-8-14-25(26,22(29)30)27-23(31)32-15-20-18-11-6-4-9-16(18)17-10-5-7-12-19(17)20/h4-7,9-12,20H,8,13-15,26H2,1-3H3,(H,27,31)(H,29,30). The number of nitrogens with two attached hydrogens (primary N) is 1. The van der Waals surface area contributed by atoms with Crippen LogP contribution in [-0.4, -0.2) is 41.0 Å². The Morgan fingerprint density at radius 3 is 2.06 bits per heavy atom. The third-order valence-electron chi connectivity index (χ3n) is 5.42. The van der Waals surface area contributed by atoms with Crippen LogP contribution in [0.25, 0.3) is 11.1 Å². The number of hydrogen-bond donors (Lipinski definition) is 3. The molecule has 8 heteroatoms. The van der Waals surface area contributed by atoms with Gasteiger partial charge in [-0.15, -0.1) is 0 Å². The number of carboxylic acid groups (broad SMARTS) is 1. The third-order valence-corrected chi connectivity index (χ3v) is 5.42. The van der Waals surface area contributed by atoms with Gasteiger partial charge in [0, 0.05) is 12.3 Å². The van der Waals surface area contributed by atoms with Crippen molar-refractivity contribution in [2.24, 2.45) is 5.73 Å². The fourth-order valence-electron chi connectivity index (χ4n) is 3.94. The maximum atomic E-state index is 12.5. The van der Waals surface area contributed by atoms with E-state index in [1.54, 1.807) is 20.8 Å². The maximum absolute atomic E-state index is 12.5. The molecule has 0 heterocycles. The number of alkyl carbamates (subject to hydrolysis) is 1. The fraction of sp³-hybridized carbons (Fsp3) is 0.400. The molecule has 1 amide bonds. The van der Waals surface area contributed by atoms with E-state index in [1.165, 1.54) is 0 Å². The largest absolute Gasteiger partial charge is 0.478 e. The first-order valence-electron chi connectivity index (χ1n) is 10.9. The summed E-state index contributed by atoms with van der Waals surface area (Å²) in [6.45, 7) is 5.27. The Balaban J connectivity index is 1.59. The van der Waals surface area contributed by atoms with Crippen LogP contribution in [0.2, 0.25) is 0 Å². The first-order valence-corrected chi connectivity index (χ1v) is 10.9. The number of rotatable bonds is 8. The minimum absolute atomic E-state index is 0.0180. The van der Waals surface area contributed by atoms with Crippen molar-refractivity contribution in [2.75, 3.05) is 6.61 Å². The number of esters is 1. The molecule has 4 N–H and O–H groups in total. The Hall–Kier alpha value is -3.39. The van der Waals surface area contributed by atoms with Crippen LogP contribution in [0.1, 0.15) is 57.1 Å². The van der Waals surface area contributed by atoms with Gasteiger partial charge < -0.3 is 14.6 Å². The summed E-state index contributed by atoms with van der Waals surface area (Å²) >= 11 is 0. The number of aliphatic carboxylic acids is 1. The lowest BCUT2D eigenvalue weighted by atomic mass is 9.98. The molecule has 0 bridgehead atoms. The Labute approximate surface area is 193 Å². The summed E-state index contributed by atoms with van der Waals surface area (Å²) in [5.41, 5.74) is 7.49. The highest BCUT2D eigenvalue weighted by Crippen LogP contribution is 2.44. The lowest BCUT2D eigenvalue weighted by Gasteiger charge is -2.26. The van der Waals surface area contributed by atoms with Crippen molar-refractivity contribution in [3.63, 3.8) is 0 Å². The average Bonchev–Trinajstić information content (AvgIpc) is 3.04. The second-order valence-corrected chi connectivity index (χ2v) is 9.17. The first-order chi connectivity index (χ1) is 15.5. The second kappa shape index (κ2) is 9.62. The van der Waals surface area contributed by atoms with E-state index in [0.717, 1.165) is 22.3 Å². The molecule has 0 radical (unpaired) electrons. The SMILES string of the molecule is CC(C)(C)OC(=O)CCCC(N)(NC(=O)OCC1c2ccccc2-c2ccccc21)C(=O)O. The summed E-state index contributed by atoms with van der Waals surface area (Å²) in [5.74, 6) is -2.04. The predicted octanol–water partition coefficient (Wildman–Crippen LogP) is 3.78. The van der Waals surface area contributed by atoms with Crippen molar-refractivity contribution in [3.8, 4) is 11.1 Å². The highest BCUT2D eigenvalue weighted by Gasteiger charge is 2.37. The minimum Gasteiger partial charge on any atom is -0.478 e. The zero-order valence-corrected chi connectivity index (χ0v) is 19.1. The molecule has 0 fully saturated rings.